The summed E-state index contributed by atoms with van der Waals surface area (Å²) in [5, 5.41) is 10.8. The summed E-state index contributed by atoms with van der Waals surface area (Å²) in [5.74, 6) is -0.635. The number of non-ortho nitro benzene ring substituents is 1. The number of aliphatic imine (C=N–C) groups is 1. The molecule has 0 atom stereocenters. The van der Waals surface area contributed by atoms with Gasteiger partial charge in [0, 0.05) is 17.7 Å². The van der Waals surface area contributed by atoms with Gasteiger partial charge in [-0.3, -0.25) is 14.9 Å². The van der Waals surface area contributed by atoms with Gasteiger partial charge in [-0.2, -0.15) is 0 Å². The Labute approximate surface area is 178 Å². The first kappa shape index (κ1) is 21.7. The molecule has 1 aliphatic heterocycles. The molecule has 0 aliphatic carbocycles. The number of ether oxygens (including phenoxy) is 3. The highest BCUT2D eigenvalue weighted by atomic mass is 16.6. The summed E-state index contributed by atoms with van der Waals surface area (Å²) < 4.78 is 16.1. The van der Waals surface area contributed by atoms with E-state index in [9.17, 15) is 19.7 Å². The Hall–Kier alpha value is -4.01. The summed E-state index contributed by atoms with van der Waals surface area (Å²) in [6.07, 6.45) is 1.51. The lowest BCUT2D eigenvalue weighted by molar-refractivity contribution is -0.384. The van der Waals surface area contributed by atoms with Crippen molar-refractivity contribution >= 4 is 29.6 Å². The summed E-state index contributed by atoms with van der Waals surface area (Å²) in [7, 11) is 0. The Bertz CT molecular complexity index is 1090. The summed E-state index contributed by atoms with van der Waals surface area (Å²) in [6.45, 7) is 5.62. The predicted octanol–water partition coefficient (Wildman–Crippen LogP) is 3.90. The van der Waals surface area contributed by atoms with Crippen molar-refractivity contribution in [2.45, 2.75) is 20.8 Å². The van der Waals surface area contributed by atoms with Crippen LogP contribution >= 0.6 is 0 Å². The van der Waals surface area contributed by atoms with E-state index in [1.807, 2.05) is 0 Å². The number of carbonyl (C=O) groups excluding carboxylic acids is 2. The first-order valence-corrected chi connectivity index (χ1v) is 9.54. The van der Waals surface area contributed by atoms with E-state index >= 15 is 0 Å². The Morgan fingerprint density at radius 1 is 1.19 bits per heavy atom. The number of nitro groups is 1. The minimum Gasteiger partial charge on any atom is -0.490 e. The number of hydrogen-bond acceptors (Lipinski definition) is 8. The molecule has 0 saturated heterocycles. The first-order chi connectivity index (χ1) is 14.8. The fourth-order valence-electron chi connectivity index (χ4n) is 2.61. The van der Waals surface area contributed by atoms with Crippen LogP contribution in [0.25, 0.3) is 6.08 Å². The Balaban J connectivity index is 1.87. The minimum absolute atomic E-state index is 0.0543. The van der Waals surface area contributed by atoms with E-state index in [-0.39, 0.29) is 34.9 Å². The van der Waals surface area contributed by atoms with Gasteiger partial charge in [-0.05, 0) is 42.8 Å². The van der Waals surface area contributed by atoms with E-state index in [0.29, 0.717) is 23.5 Å². The SMILES string of the molecule is CCOc1cc(/C=C2\N=C(c3ccc([N+](=O)[O-])cc3)OC2=O)ccc1OC(=O)C(C)C. The maximum absolute atomic E-state index is 12.2. The smallest absolute Gasteiger partial charge is 0.363 e. The third-order valence-electron chi connectivity index (χ3n) is 4.20. The molecule has 2 aromatic rings. The van der Waals surface area contributed by atoms with Crippen LogP contribution in [0.15, 0.2) is 53.2 Å². The lowest BCUT2D eigenvalue weighted by Crippen LogP contribution is -2.15. The molecule has 0 fully saturated rings. The third kappa shape index (κ3) is 5.13. The molecule has 0 unspecified atom stereocenters. The highest BCUT2D eigenvalue weighted by molar-refractivity contribution is 6.12. The van der Waals surface area contributed by atoms with E-state index in [2.05, 4.69) is 4.99 Å². The molecule has 3 rings (SSSR count). The normalized spacial score (nSPS) is 14.4. The largest absolute Gasteiger partial charge is 0.490 e. The summed E-state index contributed by atoms with van der Waals surface area (Å²) in [6, 6.07) is 10.4. The van der Waals surface area contributed by atoms with Crippen LogP contribution in [0, 0.1) is 16.0 Å². The second kappa shape index (κ2) is 9.21. The average Bonchev–Trinajstić information content (AvgIpc) is 3.10. The number of cyclic esters (lactones) is 1. The second-order valence-corrected chi connectivity index (χ2v) is 6.86. The number of carbonyl (C=O) groups is 2. The lowest BCUT2D eigenvalue weighted by atomic mass is 10.1. The Morgan fingerprint density at radius 2 is 1.90 bits per heavy atom. The molecule has 0 saturated carbocycles. The molecular weight excluding hydrogens is 404 g/mol. The summed E-state index contributed by atoms with van der Waals surface area (Å²) in [4.78, 5) is 38.6. The van der Waals surface area contributed by atoms with E-state index in [1.165, 1.54) is 30.3 Å². The zero-order valence-corrected chi connectivity index (χ0v) is 17.2. The molecule has 31 heavy (non-hydrogen) atoms. The van der Waals surface area contributed by atoms with E-state index in [0.717, 1.165) is 0 Å². The Morgan fingerprint density at radius 3 is 2.52 bits per heavy atom. The molecule has 1 aliphatic rings. The van der Waals surface area contributed by atoms with Gasteiger partial charge in [0.05, 0.1) is 17.4 Å². The van der Waals surface area contributed by atoms with E-state index in [1.54, 1.807) is 39.0 Å². The van der Waals surface area contributed by atoms with E-state index in [4.69, 9.17) is 14.2 Å². The molecule has 160 valence electrons. The molecule has 0 spiro atoms. The zero-order valence-electron chi connectivity index (χ0n) is 17.2. The molecule has 9 heteroatoms. The number of esters is 2. The highest BCUT2D eigenvalue weighted by Gasteiger charge is 2.25. The molecule has 1 heterocycles. The van der Waals surface area contributed by atoms with Crippen LogP contribution in [-0.4, -0.2) is 29.4 Å². The van der Waals surface area contributed by atoms with Gasteiger partial charge in [-0.15, -0.1) is 0 Å². The van der Waals surface area contributed by atoms with Crippen molar-refractivity contribution in [3.05, 3.63) is 69.4 Å². The molecule has 0 amide bonds. The molecular formula is C22H20N2O7. The van der Waals surface area contributed by atoms with Crippen molar-refractivity contribution in [1.29, 1.82) is 0 Å². The molecule has 0 radical (unpaired) electrons. The fraction of sp³-hybridized carbons (Fsp3) is 0.227. The van der Waals surface area contributed by atoms with Crippen LogP contribution in [0.2, 0.25) is 0 Å². The van der Waals surface area contributed by atoms with Crippen LogP contribution < -0.4 is 9.47 Å². The number of rotatable bonds is 7. The van der Waals surface area contributed by atoms with Gasteiger partial charge in [0.15, 0.2) is 17.2 Å². The number of nitro benzene ring substituents is 1. The monoisotopic (exact) mass is 424 g/mol. The predicted molar refractivity (Wildman–Crippen MR) is 112 cm³/mol. The van der Waals surface area contributed by atoms with Crippen molar-refractivity contribution < 1.29 is 28.7 Å². The van der Waals surface area contributed by atoms with Gasteiger partial charge in [0.25, 0.3) is 5.69 Å². The second-order valence-electron chi connectivity index (χ2n) is 6.86. The van der Waals surface area contributed by atoms with Gasteiger partial charge in [-0.1, -0.05) is 19.9 Å². The molecule has 2 aromatic carbocycles. The van der Waals surface area contributed by atoms with Crippen LogP contribution in [0.3, 0.4) is 0 Å². The summed E-state index contributed by atoms with van der Waals surface area (Å²) >= 11 is 0. The molecule has 0 N–H and O–H groups in total. The quantitative estimate of drug-likeness (QED) is 0.217. The van der Waals surface area contributed by atoms with Gasteiger partial charge in [-0.25, -0.2) is 9.79 Å². The summed E-state index contributed by atoms with van der Waals surface area (Å²) in [5.41, 5.74) is 1.01. The van der Waals surface area contributed by atoms with Crippen molar-refractivity contribution in [1.82, 2.24) is 0 Å². The maximum atomic E-state index is 12.2. The van der Waals surface area contributed by atoms with Crippen LogP contribution in [0.1, 0.15) is 31.9 Å². The molecule has 0 aromatic heterocycles. The van der Waals surface area contributed by atoms with Crippen molar-refractivity contribution in [2.24, 2.45) is 10.9 Å². The number of hydrogen-bond donors (Lipinski definition) is 0. The van der Waals surface area contributed by atoms with Crippen molar-refractivity contribution in [3.63, 3.8) is 0 Å². The van der Waals surface area contributed by atoms with Gasteiger partial charge >= 0.3 is 11.9 Å². The lowest BCUT2D eigenvalue weighted by Gasteiger charge is -2.12. The number of nitrogens with zero attached hydrogens (tertiary/aromatic N) is 2. The fourth-order valence-corrected chi connectivity index (χ4v) is 2.61. The highest BCUT2D eigenvalue weighted by Crippen LogP contribution is 2.31. The third-order valence-corrected chi connectivity index (χ3v) is 4.20. The maximum Gasteiger partial charge on any atom is 0.363 e. The average molecular weight is 424 g/mol. The topological polar surface area (TPSA) is 117 Å². The van der Waals surface area contributed by atoms with Crippen LogP contribution in [-0.2, 0) is 14.3 Å². The zero-order chi connectivity index (χ0) is 22.5. The van der Waals surface area contributed by atoms with Gasteiger partial charge < -0.3 is 14.2 Å². The molecule has 9 nitrogen and oxygen atoms in total. The van der Waals surface area contributed by atoms with Crippen LogP contribution in [0.4, 0.5) is 5.69 Å². The van der Waals surface area contributed by atoms with Gasteiger partial charge in [0.1, 0.15) is 0 Å². The number of benzene rings is 2. The molecule has 0 bridgehead atoms. The van der Waals surface area contributed by atoms with Crippen molar-refractivity contribution in [2.75, 3.05) is 6.61 Å². The van der Waals surface area contributed by atoms with Gasteiger partial charge in [0.2, 0.25) is 5.90 Å². The van der Waals surface area contributed by atoms with Crippen molar-refractivity contribution in [3.8, 4) is 11.5 Å². The Kier molecular flexibility index (Phi) is 6.44. The minimum atomic E-state index is -0.651. The standard InChI is InChI=1S/C22H20N2O7/c1-4-29-19-12-14(5-10-18(19)30-21(25)13(2)3)11-17-22(26)31-20(23-17)15-6-8-16(9-7-15)24(27)28/h5-13H,4H2,1-3H3/b17-11-. The first-order valence-electron chi connectivity index (χ1n) is 9.54. The van der Waals surface area contributed by atoms with E-state index < -0.39 is 10.9 Å². The van der Waals surface area contributed by atoms with Crippen LogP contribution in [0.5, 0.6) is 11.5 Å².